The number of carbonyl (C=O) groups is 2. The summed E-state index contributed by atoms with van der Waals surface area (Å²) in [6.07, 6.45) is -0.192. The molecule has 3 rings (SSSR count). The van der Waals surface area contributed by atoms with Crippen molar-refractivity contribution in [2.24, 2.45) is 0 Å². The van der Waals surface area contributed by atoms with Gasteiger partial charge in [-0.2, -0.15) is 0 Å². The Morgan fingerprint density at radius 3 is 2.68 bits per heavy atom. The number of amides is 1. The highest BCUT2D eigenvalue weighted by atomic mass is 32.2. The Balaban J connectivity index is 1.57. The summed E-state index contributed by atoms with van der Waals surface area (Å²) < 4.78 is 5.39. The average Bonchev–Trinajstić information content (AvgIpc) is 3.01. The Bertz CT molecular complexity index is 793. The van der Waals surface area contributed by atoms with E-state index in [4.69, 9.17) is 4.74 Å². The zero-order valence-corrected chi connectivity index (χ0v) is 15.4. The summed E-state index contributed by atoms with van der Waals surface area (Å²) in [6, 6.07) is 13.7. The van der Waals surface area contributed by atoms with Gasteiger partial charge in [0.05, 0.1) is 0 Å². The van der Waals surface area contributed by atoms with E-state index in [0.717, 1.165) is 27.3 Å². The Labute approximate surface area is 152 Å². The minimum Gasteiger partial charge on any atom is -0.452 e. The molecule has 0 bridgehead atoms. The first-order valence-corrected chi connectivity index (χ1v) is 9.15. The fourth-order valence-corrected chi connectivity index (χ4v) is 3.99. The topological polar surface area (TPSA) is 55.4 Å². The Kier molecular flexibility index (Phi) is 5.13. The molecule has 2 aromatic rings. The van der Waals surface area contributed by atoms with Crippen molar-refractivity contribution in [2.45, 2.75) is 43.4 Å². The molecular formula is C20H21NO3S. The third kappa shape index (κ3) is 4.04. The highest BCUT2D eigenvalue weighted by Gasteiger charge is 2.31. The molecule has 0 fully saturated rings. The van der Waals surface area contributed by atoms with Crippen LogP contribution in [0.4, 0.5) is 5.69 Å². The number of anilines is 1. The standard InChI is InChI=1S/C20H21NO3S/c1-12-8-9-16(13(2)10-12)21-19(22)14(3)24-20(23)18-11-15-6-4-5-7-17(15)25-18/h4-10,14,18H,11H2,1-3H3,(H,21,22)/t14-,18-/m1/s1. The number of esters is 1. The van der Waals surface area contributed by atoms with Crippen molar-refractivity contribution in [1.29, 1.82) is 0 Å². The average molecular weight is 355 g/mol. The van der Waals surface area contributed by atoms with Gasteiger partial charge in [-0.25, -0.2) is 0 Å². The summed E-state index contributed by atoms with van der Waals surface area (Å²) in [6.45, 7) is 5.54. The summed E-state index contributed by atoms with van der Waals surface area (Å²) in [4.78, 5) is 25.8. The first kappa shape index (κ1) is 17.5. The highest BCUT2D eigenvalue weighted by molar-refractivity contribution is 8.01. The number of hydrogen-bond acceptors (Lipinski definition) is 4. The van der Waals surface area contributed by atoms with E-state index in [2.05, 4.69) is 5.32 Å². The molecule has 1 aliphatic rings. The minimum atomic E-state index is -0.836. The summed E-state index contributed by atoms with van der Waals surface area (Å²) >= 11 is 1.50. The minimum absolute atomic E-state index is 0.284. The first-order valence-electron chi connectivity index (χ1n) is 8.27. The van der Waals surface area contributed by atoms with E-state index >= 15 is 0 Å². The Hall–Kier alpha value is -2.27. The van der Waals surface area contributed by atoms with E-state index in [1.807, 2.05) is 56.3 Å². The highest BCUT2D eigenvalue weighted by Crippen LogP contribution is 2.37. The van der Waals surface area contributed by atoms with Gasteiger partial charge in [0.15, 0.2) is 6.10 Å². The quantitative estimate of drug-likeness (QED) is 0.846. The molecule has 1 amide bonds. The van der Waals surface area contributed by atoms with Gasteiger partial charge in [-0.3, -0.25) is 9.59 Å². The largest absolute Gasteiger partial charge is 0.452 e. The van der Waals surface area contributed by atoms with Gasteiger partial charge in [-0.05, 0) is 50.5 Å². The lowest BCUT2D eigenvalue weighted by Gasteiger charge is -2.16. The van der Waals surface area contributed by atoms with Gasteiger partial charge in [0.25, 0.3) is 5.91 Å². The molecule has 2 atom stereocenters. The number of aryl methyl sites for hydroxylation is 2. The van der Waals surface area contributed by atoms with Crippen LogP contribution in [0.1, 0.15) is 23.6 Å². The van der Waals surface area contributed by atoms with Crippen LogP contribution in [0.2, 0.25) is 0 Å². The van der Waals surface area contributed by atoms with Crippen LogP contribution in [-0.4, -0.2) is 23.2 Å². The van der Waals surface area contributed by atoms with Crippen molar-refractivity contribution in [1.82, 2.24) is 0 Å². The molecule has 4 nitrogen and oxygen atoms in total. The molecule has 0 radical (unpaired) electrons. The van der Waals surface area contributed by atoms with Crippen LogP contribution < -0.4 is 5.32 Å². The second-order valence-corrected chi connectivity index (χ2v) is 7.55. The Morgan fingerprint density at radius 1 is 1.20 bits per heavy atom. The van der Waals surface area contributed by atoms with Gasteiger partial charge >= 0.3 is 5.97 Å². The van der Waals surface area contributed by atoms with E-state index in [9.17, 15) is 9.59 Å². The number of hydrogen-bond donors (Lipinski definition) is 1. The zero-order chi connectivity index (χ0) is 18.0. The fourth-order valence-electron chi connectivity index (χ4n) is 2.81. The molecule has 130 valence electrons. The molecule has 0 unspecified atom stereocenters. The number of fused-ring (bicyclic) bond motifs is 1. The van der Waals surface area contributed by atoms with Crippen LogP contribution in [0.25, 0.3) is 0 Å². The number of benzene rings is 2. The van der Waals surface area contributed by atoms with Crippen molar-refractivity contribution in [2.75, 3.05) is 5.32 Å². The normalized spacial score (nSPS) is 16.8. The predicted octanol–water partition coefficient (Wildman–Crippen LogP) is 3.89. The van der Waals surface area contributed by atoms with Crippen molar-refractivity contribution < 1.29 is 14.3 Å². The van der Waals surface area contributed by atoms with Gasteiger partial charge in [-0.1, -0.05) is 35.9 Å². The van der Waals surface area contributed by atoms with Crippen LogP contribution in [-0.2, 0) is 20.7 Å². The molecule has 0 aliphatic carbocycles. The smallest absolute Gasteiger partial charge is 0.320 e. The molecular weight excluding hydrogens is 334 g/mol. The second kappa shape index (κ2) is 7.31. The van der Waals surface area contributed by atoms with Crippen LogP contribution in [0, 0.1) is 13.8 Å². The van der Waals surface area contributed by atoms with E-state index in [0.29, 0.717) is 6.42 Å². The van der Waals surface area contributed by atoms with Gasteiger partial charge in [0.2, 0.25) is 0 Å². The maximum absolute atomic E-state index is 12.4. The third-order valence-electron chi connectivity index (χ3n) is 4.21. The molecule has 5 heteroatoms. The lowest BCUT2D eigenvalue weighted by atomic mass is 10.1. The Morgan fingerprint density at radius 2 is 1.96 bits per heavy atom. The van der Waals surface area contributed by atoms with E-state index in [-0.39, 0.29) is 17.1 Å². The van der Waals surface area contributed by atoms with Crippen molar-refractivity contribution in [3.63, 3.8) is 0 Å². The molecule has 1 heterocycles. The molecule has 0 saturated heterocycles. The monoisotopic (exact) mass is 355 g/mol. The van der Waals surface area contributed by atoms with Gasteiger partial charge in [-0.15, -0.1) is 11.8 Å². The number of carbonyl (C=O) groups excluding carboxylic acids is 2. The van der Waals surface area contributed by atoms with Crippen LogP contribution >= 0.6 is 11.8 Å². The van der Waals surface area contributed by atoms with E-state index < -0.39 is 6.10 Å². The van der Waals surface area contributed by atoms with Crippen LogP contribution in [0.5, 0.6) is 0 Å². The van der Waals surface area contributed by atoms with Crippen LogP contribution in [0.3, 0.4) is 0 Å². The molecule has 25 heavy (non-hydrogen) atoms. The summed E-state index contributed by atoms with van der Waals surface area (Å²) in [7, 11) is 0. The summed E-state index contributed by atoms with van der Waals surface area (Å²) in [5.41, 5.74) is 4.00. The molecule has 2 aromatic carbocycles. The van der Waals surface area contributed by atoms with Crippen LogP contribution in [0.15, 0.2) is 47.4 Å². The predicted molar refractivity (Wildman–Crippen MR) is 99.9 cm³/mol. The fraction of sp³-hybridized carbons (Fsp3) is 0.300. The number of ether oxygens (including phenoxy) is 1. The van der Waals surface area contributed by atoms with Crippen molar-refractivity contribution in [3.8, 4) is 0 Å². The summed E-state index contributed by atoms with van der Waals surface area (Å²) in [5, 5.41) is 2.54. The van der Waals surface area contributed by atoms with Gasteiger partial charge < -0.3 is 10.1 Å². The lowest BCUT2D eigenvalue weighted by molar-refractivity contribution is -0.152. The number of rotatable bonds is 4. The second-order valence-electron chi connectivity index (χ2n) is 6.31. The van der Waals surface area contributed by atoms with E-state index in [1.54, 1.807) is 6.92 Å². The van der Waals surface area contributed by atoms with Crippen molar-refractivity contribution in [3.05, 3.63) is 59.2 Å². The molecule has 0 spiro atoms. The maximum atomic E-state index is 12.4. The SMILES string of the molecule is Cc1ccc(NC(=O)[C@@H](C)OC(=O)[C@H]2Cc3ccccc3S2)c(C)c1. The molecule has 0 aromatic heterocycles. The number of thioether (sulfide) groups is 1. The summed E-state index contributed by atoms with van der Waals surface area (Å²) in [5.74, 6) is -0.662. The van der Waals surface area contributed by atoms with Gasteiger partial charge in [0, 0.05) is 10.6 Å². The van der Waals surface area contributed by atoms with Crippen molar-refractivity contribution >= 4 is 29.3 Å². The maximum Gasteiger partial charge on any atom is 0.320 e. The molecule has 0 saturated carbocycles. The first-order chi connectivity index (χ1) is 11.9. The van der Waals surface area contributed by atoms with E-state index in [1.165, 1.54) is 11.8 Å². The molecule has 1 N–H and O–H groups in total. The van der Waals surface area contributed by atoms with Gasteiger partial charge in [0.1, 0.15) is 5.25 Å². The number of nitrogens with one attached hydrogen (secondary N) is 1. The lowest BCUT2D eigenvalue weighted by Crippen LogP contribution is -2.33. The third-order valence-corrected chi connectivity index (χ3v) is 5.51. The molecule has 1 aliphatic heterocycles. The zero-order valence-electron chi connectivity index (χ0n) is 14.5.